The molecule has 116 valence electrons. The Kier molecular flexibility index (Phi) is 7.81. The summed E-state index contributed by atoms with van der Waals surface area (Å²) in [6, 6.07) is 8.07. The quantitative estimate of drug-likeness (QED) is 0.600. The lowest BCUT2D eigenvalue weighted by Gasteiger charge is -2.13. The lowest BCUT2D eigenvalue weighted by atomic mass is 9.92. The number of carboxylic acids is 1. The molecule has 0 heterocycles. The zero-order valence-electron chi connectivity index (χ0n) is 13.6. The van der Waals surface area contributed by atoms with E-state index in [-0.39, 0.29) is 6.42 Å². The Morgan fingerprint density at radius 2 is 1.76 bits per heavy atom. The molecule has 0 fully saturated rings. The Hall–Kier alpha value is -1.57. The van der Waals surface area contributed by atoms with Gasteiger partial charge in [0.15, 0.2) is 0 Å². The molecule has 0 spiro atoms. The van der Waals surface area contributed by atoms with Crippen LogP contribution in [0.4, 0.5) is 0 Å². The van der Waals surface area contributed by atoms with Gasteiger partial charge in [-0.05, 0) is 43.4 Å². The van der Waals surface area contributed by atoms with E-state index >= 15 is 0 Å². The first-order valence-electron chi connectivity index (χ1n) is 8.02. The third-order valence-electron chi connectivity index (χ3n) is 3.97. The van der Waals surface area contributed by atoms with E-state index in [1.54, 1.807) is 0 Å². The summed E-state index contributed by atoms with van der Waals surface area (Å²) < 4.78 is 0. The van der Waals surface area contributed by atoms with Crippen molar-refractivity contribution >= 4 is 11.5 Å². The van der Waals surface area contributed by atoms with E-state index < -0.39 is 5.97 Å². The van der Waals surface area contributed by atoms with E-state index in [2.05, 4.69) is 13.8 Å². The number of aryl methyl sites for hydroxylation is 1. The molecule has 0 amide bonds. The fourth-order valence-electron chi connectivity index (χ4n) is 2.68. The fraction of sp³-hybridized carbons (Fsp3) is 0.526. The summed E-state index contributed by atoms with van der Waals surface area (Å²) in [5.74, 6) is -0.751. The Morgan fingerprint density at radius 1 is 1.10 bits per heavy atom. The van der Waals surface area contributed by atoms with Gasteiger partial charge in [0.2, 0.25) is 0 Å². The number of hydrogen-bond donors (Lipinski definition) is 1. The Balaban J connectivity index is 2.82. The van der Waals surface area contributed by atoms with Crippen molar-refractivity contribution < 1.29 is 9.90 Å². The number of rotatable bonds is 9. The van der Waals surface area contributed by atoms with Crippen molar-refractivity contribution in [1.29, 1.82) is 0 Å². The van der Waals surface area contributed by atoms with Gasteiger partial charge in [-0.1, -0.05) is 62.4 Å². The zero-order valence-corrected chi connectivity index (χ0v) is 13.6. The average molecular weight is 288 g/mol. The van der Waals surface area contributed by atoms with Gasteiger partial charge in [0.05, 0.1) is 6.42 Å². The first kappa shape index (κ1) is 17.5. The molecule has 0 aliphatic carbocycles. The molecular weight excluding hydrogens is 260 g/mol. The Bertz CT molecular complexity index is 486. The van der Waals surface area contributed by atoms with Crippen molar-refractivity contribution in [3.63, 3.8) is 0 Å². The molecule has 0 radical (unpaired) electrons. The molecule has 0 atom stereocenters. The van der Waals surface area contributed by atoms with Crippen LogP contribution in [0.25, 0.3) is 5.57 Å². The maximum atomic E-state index is 11.2. The summed E-state index contributed by atoms with van der Waals surface area (Å²) in [7, 11) is 0. The van der Waals surface area contributed by atoms with E-state index in [0.29, 0.717) is 0 Å². The maximum absolute atomic E-state index is 11.2. The molecule has 0 saturated carbocycles. The number of benzene rings is 1. The molecule has 0 aliphatic heterocycles. The smallest absolute Gasteiger partial charge is 0.307 e. The summed E-state index contributed by atoms with van der Waals surface area (Å²) in [4.78, 5) is 11.2. The number of hydrogen-bond acceptors (Lipinski definition) is 1. The number of carbonyl (C=O) groups is 1. The number of aliphatic carboxylic acids is 1. The first-order chi connectivity index (χ1) is 10.1. The van der Waals surface area contributed by atoms with Crippen LogP contribution in [-0.2, 0) is 4.79 Å². The second-order valence-electron chi connectivity index (χ2n) is 5.81. The van der Waals surface area contributed by atoms with Gasteiger partial charge in [0.25, 0.3) is 0 Å². The van der Waals surface area contributed by atoms with E-state index in [4.69, 9.17) is 0 Å². The highest BCUT2D eigenvalue weighted by atomic mass is 16.4. The third kappa shape index (κ3) is 6.16. The highest BCUT2D eigenvalue weighted by Gasteiger charge is 2.12. The fourth-order valence-corrected chi connectivity index (χ4v) is 2.68. The van der Waals surface area contributed by atoms with Gasteiger partial charge >= 0.3 is 5.97 Å². The van der Waals surface area contributed by atoms with Gasteiger partial charge in [0, 0.05) is 0 Å². The van der Waals surface area contributed by atoms with Gasteiger partial charge in [0.1, 0.15) is 0 Å². The van der Waals surface area contributed by atoms with Gasteiger partial charge < -0.3 is 5.11 Å². The molecule has 2 nitrogen and oxygen atoms in total. The summed E-state index contributed by atoms with van der Waals surface area (Å²) in [6.07, 6.45) is 7.33. The molecule has 0 bridgehead atoms. The molecule has 0 aromatic heterocycles. The first-order valence-corrected chi connectivity index (χ1v) is 8.02. The second-order valence-corrected chi connectivity index (χ2v) is 5.81. The van der Waals surface area contributed by atoms with Crippen molar-refractivity contribution in [1.82, 2.24) is 0 Å². The lowest BCUT2D eigenvalue weighted by molar-refractivity contribution is -0.135. The molecule has 1 aromatic rings. The Morgan fingerprint density at radius 3 is 2.38 bits per heavy atom. The SMILES string of the molecule is CCCCCCC/C(C)=C(\CC(=O)O)c1ccccc1C. The van der Waals surface area contributed by atoms with Gasteiger partial charge in [-0.15, -0.1) is 0 Å². The van der Waals surface area contributed by atoms with Crippen LogP contribution in [0.2, 0.25) is 0 Å². The van der Waals surface area contributed by atoms with Crippen LogP contribution in [0.3, 0.4) is 0 Å². The number of carboxylic acid groups (broad SMARTS) is 1. The van der Waals surface area contributed by atoms with Crippen LogP contribution < -0.4 is 0 Å². The molecule has 0 saturated heterocycles. The van der Waals surface area contributed by atoms with Crippen molar-refractivity contribution in [2.75, 3.05) is 0 Å². The molecule has 0 aliphatic rings. The minimum atomic E-state index is -0.751. The van der Waals surface area contributed by atoms with Crippen LogP contribution in [0, 0.1) is 6.92 Å². The van der Waals surface area contributed by atoms with Crippen LogP contribution >= 0.6 is 0 Å². The molecule has 1 N–H and O–H groups in total. The normalized spacial score (nSPS) is 12.1. The third-order valence-corrected chi connectivity index (χ3v) is 3.97. The van der Waals surface area contributed by atoms with Crippen molar-refractivity contribution in [3.8, 4) is 0 Å². The summed E-state index contributed by atoms with van der Waals surface area (Å²) in [5.41, 5.74) is 4.46. The van der Waals surface area contributed by atoms with E-state index in [1.165, 1.54) is 31.3 Å². The van der Waals surface area contributed by atoms with Gasteiger partial charge in [-0.3, -0.25) is 4.79 Å². The summed E-state index contributed by atoms with van der Waals surface area (Å²) >= 11 is 0. The van der Waals surface area contributed by atoms with Gasteiger partial charge in [-0.2, -0.15) is 0 Å². The predicted octanol–water partition coefficient (Wildman–Crippen LogP) is 5.60. The second kappa shape index (κ2) is 9.38. The topological polar surface area (TPSA) is 37.3 Å². The number of unbranched alkanes of at least 4 members (excludes halogenated alkanes) is 4. The van der Waals surface area contributed by atoms with Crippen molar-refractivity contribution in [3.05, 3.63) is 41.0 Å². The largest absolute Gasteiger partial charge is 0.481 e. The standard InChI is InChI=1S/C19H28O2/c1-4-5-6-7-8-11-16(3)18(14-19(20)21)17-13-10-9-12-15(17)2/h9-10,12-13H,4-8,11,14H2,1-3H3,(H,20,21)/b18-16+. The molecule has 1 aromatic carbocycles. The minimum absolute atomic E-state index is 0.117. The molecule has 1 rings (SSSR count). The predicted molar refractivity (Wildman–Crippen MR) is 89.4 cm³/mol. The molecule has 21 heavy (non-hydrogen) atoms. The lowest BCUT2D eigenvalue weighted by Crippen LogP contribution is -2.01. The average Bonchev–Trinajstić information content (AvgIpc) is 2.45. The van der Waals surface area contributed by atoms with Crippen LogP contribution in [0.5, 0.6) is 0 Å². The van der Waals surface area contributed by atoms with Crippen molar-refractivity contribution in [2.24, 2.45) is 0 Å². The highest BCUT2D eigenvalue weighted by molar-refractivity contribution is 5.86. The Labute approximate surface area is 128 Å². The van der Waals surface area contributed by atoms with Crippen LogP contribution in [0.1, 0.15) is 69.9 Å². The summed E-state index contributed by atoms with van der Waals surface area (Å²) in [5, 5.41) is 9.19. The highest BCUT2D eigenvalue weighted by Crippen LogP contribution is 2.28. The van der Waals surface area contributed by atoms with Crippen LogP contribution in [0.15, 0.2) is 29.8 Å². The molecular formula is C19H28O2. The molecule has 0 unspecified atom stereocenters. The van der Waals surface area contributed by atoms with Crippen LogP contribution in [-0.4, -0.2) is 11.1 Å². The van der Waals surface area contributed by atoms with E-state index in [9.17, 15) is 9.90 Å². The molecule has 2 heteroatoms. The van der Waals surface area contributed by atoms with E-state index in [1.807, 2.05) is 31.2 Å². The van der Waals surface area contributed by atoms with Gasteiger partial charge in [-0.25, -0.2) is 0 Å². The number of allylic oxidation sites excluding steroid dienone is 1. The maximum Gasteiger partial charge on any atom is 0.307 e. The minimum Gasteiger partial charge on any atom is -0.481 e. The zero-order chi connectivity index (χ0) is 15.7. The monoisotopic (exact) mass is 288 g/mol. The summed E-state index contributed by atoms with van der Waals surface area (Å²) in [6.45, 7) is 6.35. The van der Waals surface area contributed by atoms with Crippen molar-refractivity contribution in [2.45, 2.75) is 65.7 Å². The van der Waals surface area contributed by atoms with E-state index in [0.717, 1.165) is 29.5 Å².